The van der Waals surface area contributed by atoms with Crippen molar-refractivity contribution in [3.8, 4) is 0 Å². The normalized spacial score (nSPS) is 11.4. The Balaban J connectivity index is 3.94. The van der Waals surface area contributed by atoms with Crippen LogP contribution >= 0.6 is 15.9 Å². The maximum atomic E-state index is 11.5. The summed E-state index contributed by atoms with van der Waals surface area (Å²) < 4.78 is -0.421. The molecule has 0 aliphatic carbocycles. The molecule has 0 aromatic carbocycles. The molecule has 0 aliphatic rings. The van der Waals surface area contributed by atoms with Crippen molar-refractivity contribution < 1.29 is 4.79 Å². The highest BCUT2D eigenvalue weighted by Gasteiger charge is 2.26. The van der Waals surface area contributed by atoms with Crippen LogP contribution in [0.2, 0.25) is 0 Å². The van der Waals surface area contributed by atoms with Crippen LogP contribution in [0.1, 0.15) is 33.6 Å². The van der Waals surface area contributed by atoms with Crippen LogP contribution in [0.15, 0.2) is 0 Å². The van der Waals surface area contributed by atoms with Gasteiger partial charge in [-0.1, -0.05) is 29.3 Å². The number of amides is 1. The zero-order valence-electron chi connectivity index (χ0n) is 8.35. The number of alkyl halides is 1. The van der Waals surface area contributed by atoms with Gasteiger partial charge < -0.3 is 4.90 Å². The number of carbonyl (C=O) groups excluding carboxylic acids is 1. The molecule has 0 atom stereocenters. The van der Waals surface area contributed by atoms with Crippen LogP contribution in [-0.2, 0) is 4.79 Å². The molecular weight excluding hydrogens is 218 g/mol. The molecule has 2 nitrogen and oxygen atoms in total. The molecular formula is C9H18BrNO. The number of halogens is 1. The minimum Gasteiger partial charge on any atom is -0.345 e. The molecule has 72 valence electrons. The first-order chi connectivity index (χ1) is 5.39. The van der Waals surface area contributed by atoms with Gasteiger partial charge in [0.2, 0.25) is 5.91 Å². The summed E-state index contributed by atoms with van der Waals surface area (Å²) >= 11 is 3.35. The van der Waals surface area contributed by atoms with Crippen molar-refractivity contribution in [1.29, 1.82) is 0 Å². The molecule has 0 aromatic rings. The molecule has 0 heterocycles. The molecule has 0 rings (SSSR count). The van der Waals surface area contributed by atoms with Gasteiger partial charge in [0.05, 0.1) is 4.32 Å². The Morgan fingerprint density at radius 2 is 2.00 bits per heavy atom. The van der Waals surface area contributed by atoms with E-state index in [9.17, 15) is 4.79 Å². The molecule has 0 aromatic heterocycles. The molecule has 0 unspecified atom stereocenters. The first-order valence-corrected chi connectivity index (χ1v) is 5.13. The predicted octanol–water partition coefficient (Wildman–Crippen LogP) is 2.42. The first kappa shape index (κ1) is 11.9. The van der Waals surface area contributed by atoms with E-state index in [1.54, 1.807) is 4.90 Å². The number of hydrogen-bond acceptors (Lipinski definition) is 1. The van der Waals surface area contributed by atoms with E-state index in [1.165, 1.54) is 0 Å². The Morgan fingerprint density at radius 1 is 1.50 bits per heavy atom. The third-order valence-electron chi connectivity index (χ3n) is 1.70. The van der Waals surface area contributed by atoms with E-state index in [1.807, 2.05) is 20.9 Å². The lowest BCUT2D eigenvalue weighted by atomic mass is 10.2. The van der Waals surface area contributed by atoms with Crippen molar-refractivity contribution in [3.05, 3.63) is 0 Å². The van der Waals surface area contributed by atoms with Gasteiger partial charge in [0.25, 0.3) is 0 Å². The molecule has 0 spiro atoms. The van der Waals surface area contributed by atoms with E-state index >= 15 is 0 Å². The average Bonchev–Trinajstić information content (AvgIpc) is 1.97. The highest BCUT2D eigenvalue weighted by Crippen LogP contribution is 2.18. The van der Waals surface area contributed by atoms with Gasteiger partial charge in [-0.2, -0.15) is 0 Å². The molecule has 0 radical (unpaired) electrons. The fourth-order valence-electron chi connectivity index (χ4n) is 0.951. The SMILES string of the molecule is CCCCN(C)C(=O)C(C)(C)Br. The second kappa shape index (κ2) is 4.85. The quantitative estimate of drug-likeness (QED) is 0.686. The number of rotatable bonds is 4. The van der Waals surface area contributed by atoms with Crippen molar-refractivity contribution >= 4 is 21.8 Å². The molecule has 0 fully saturated rings. The Hall–Kier alpha value is -0.0500. The molecule has 0 bridgehead atoms. The van der Waals surface area contributed by atoms with Crippen molar-refractivity contribution in [2.75, 3.05) is 13.6 Å². The number of hydrogen-bond donors (Lipinski definition) is 0. The Bertz CT molecular complexity index is 151. The molecule has 1 amide bonds. The zero-order chi connectivity index (χ0) is 9.78. The van der Waals surface area contributed by atoms with Gasteiger partial charge >= 0.3 is 0 Å². The minimum absolute atomic E-state index is 0.149. The van der Waals surface area contributed by atoms with Crippen LogP contribution in [0, 0.1) is 0 Å². The van der Waals surface area contributed by atoms with E-state index < -0.39 is 4.32 Å². The summed E-state index contributed by atoms with van der Waals surface area (Å²) in [7, 11) is 1.85. The van der Waals surface area contributed by atoms with E-state index in [2.05, 4.69) is 22.9 Å². The summed E-state index contributed by atoms with van der Waals surface area (Å²) in [5.74, 6) is 0.149. The monoisotopic (exact) mass is 235 g/mol. The van der Waals surface area contributed by atoms with Gasteiger partial charge in [-0.15, -0.1) is 0 Å². The van der Waals surface area contributed by atoms with Crippen LogP contribution < -0.4 is 0 Å². The van der Waals surface area contributed by atoms with E-state index in [0.29, 0.717) is 0 Å². The Labute approximate surface area is 83.4 Å². The van der Waals surface area contributed by atoms with E-state index in [-0.39, 0.29) is 5.91 Å². The lowest BCUT2D eigenvalue weighted by molar-refractivity contribution is -0.131. The van der Waals surface area contributed by atoms with Gasteiger partial charge in [-0.3, -0.25) is 4.79 Å². The van der Waals surface area contributed by atoms with Crippen LogP contribution in [0.4, 0.5) is 0 Å². The Kier molecular flexibility index (Phi) is 4.83. The maximum absolute atomic E-state index is 11.5. The second-order valence-corrected chi connectivity index (χ2v) is 5.54. The summed E-state index contributed by atoms with van der Waals surface area (Å²) in [5, 5.41) is 0. The zero-order valence-corrected chi connectivity index (χ0v) is 9.94. The summed E-state index contributed by atoms with van der Waals surface area (Å²) in [6.45, 7) is 6.72. The molecule has 0 saturated heterocycles. The lowest BCUT2D eigenvalue weighted by Gasteiger charge is -2.24. The predicted molar refractivity (Wildman–Crippen MR) is 55.6 cm³/mol. The third kappa shape index (κ3) is 4.10. The fraction of sp³-hybridized carbons (Fsp3) is 0.889. The smallest absolute Gasteiger partial charge is 0.238 e. The molecule has 0 aliphatic heterocycles. The van der Waals surface area contributed by atoms with Crippen LogP contribution in [0.5, 0.6) is 0 Å². The van der Waals surface area contributed by atoms with Crippen molar-refractivity contribution in [2.45, 2.75) is 37.9 Å². The van der Waals surface area contributed by atoms with Crippen molar-refractivity contribution in [2.24, 2.45) is 0 Å². The number of carbonyl (C=O) groups is 1. The maximum Gasteiger partial charge on any atom is 0.238 e. The summed E-state index contributed by atoms with van der Waals surface area (Å²) in [6.07, 6.45) is 2.20. The lowest BCUT2D eigenvalue weighted by Crippen LogP contribution is -2.39. The van der Waals surface area contributed by atoms with Crippen LogP contribution in [0.25, 0.3) is 0 Å². The highest BCUT2D eigenvalue weighted by atomic mass is 79.9. The average molecular weight is 236 g/mol. The molecule has 0 N–H and O–H groups in total. The first-order valence-electron chi connectivity index (χ1n) is 4.34. The minimum atomic E-state index is -0.421. The van der Waals surface area contributed by atoms with E-state index in [4.69, 9.17) is 0 Å². The van der Waals surface area contributed by atoms with Crippen molar-refractivity contribution in [1.82, 2.24) is 4.90 Å². The highest BCUT2D eigenvalue weighted by molar-refractivity contribution is 9.10. The van der Waals surface area contributed by atoms with Crippen LogP contribution in [-0.4, -0.2) is 28.7 Å². The topological polar surface area (TPSA) is 20.3 Å². The van der Waals surface area contributed by atoms with Gasteiger partial charge in [0.15, 0.2) is 0 Å². The standard InChI is InChI=1S/C9H18BrNO/c1-5-6-7-11(4)8(12)9(2,3)10/h5-7H2,1-4H3. The molecule has 3 heteroatoms. The number of nitrogens with zero attached hydrogens (tertiary/aromatic N) is 1. The van der Waals surface area contributed by atoms with Gasteiger partial charge in [0, 0.05) is 13.6 Å². The van der Waals surface area contributed by atoms with Crippen molar-refractivity contribution in [3.63, 3.8) is 0 Å². The van der Waals surface area contributed by atoms with Gasteiger partial charge in [0.1, 0.15) is 0 Å². The Morgan fingerprint density at radius 3 is 2.33 bits per heavy atom. The second-order valence-electron chi connectivity index (χ2n) is 3.55. The molecule has 0 saturated carbocycles. The van der Waals surface area contributed by atoms with Gasteiger partial charge in [-0.25, -0.2) is 0 Å². The molecule has 12 heavy (non-hydrogen) atoms. The fourth-order valence-corrected chi connectivity index (χ4v) is 1.25. The van der Waals surface area contributed by atoms with Crippen LogP contribution in [0.3, 0.4) is 0 Å². The third-order valence-corrected chi connectivity index (χ3v) is 2.04. The largest absolute Gasteiger partial charge is 0.345 e. The summed E-state index contributed by atoms with van der Waals surface area (Å²) in [6, 6.07) is 0. The summed E-state index contributed by atoms with van der Waals surface area (Å²) in [5.41, 5.74) is 0. The van der Waals surface area contributed by atoms with E-state index in [0.717, 1.165) is 19.4 Å². The summed E-state index contributed by atoms with van der Waals surface area (Å²) in [4.78, 5) is 13.3. The number of unbranched alkanes of at least 4 members (excludes halogenated alkanes) is 1. The van der Waals surface area contributed by atoms with Gasteiger partial charge in [-0.05, 0) is 20.3 Å².